The van der Waals surface area contributed by atoms with Gasteiger partial charge in [0.2, 0.25) is 5.91 Å². The van der Waals surface area contributed by atoms with E-state index in [-0.39, 0.29) is 5.91 Å². The Bertz CT molecular complexity index is 1020. The number of pyridine rings is 1. The molecule has 1 saturated heterocycles. The lowest BCUT2D eigenvalue weighted by atomic mass is 9.92. The normalized spacial score (nSPS) is 14.8. The van der Waals surface area contributed by atoms with Crippen molar-refractivity contribution in [3.8, 4) is 0 Å². The molecule has 1 amide bonds. The highest BCUT2D eigenvalue weighted by Crippen LogP contribution is 2.29. The Kier molecular flexibility index (Phi) is 6.36. The van der Waals surface area contributed by atoms with Crippen molar-refractivity contribution in [3.63, 3.8) is 0 Å². The monoisotopic (exact) mass is 438 g/mol. The number of anilines is 2. The molecule has 7 nitrogen and oxygen atoms in total. The van der Waals surface area contributed by atoms with Crippen molar-refractivity contribution in [2.24, 2.45) is 0 Å². The molecule has 1 aliphatic rings. The number of aromatic amines is 1. The predicted molar refractivity (Wildman–Crippen MR) is 124 cm³/mol. The third-order valence-electron chi connectivity index (χ3n) is 6.17. The zero-order chi connectivity index (χ0) is 22.0. The second-order valence-electron chi connectivity index (χ2n) is 8.30. The van der Waals surface area contributed by atoms with E-state index in [1.807, 2.05) is 37.8 Å². The lowest BCUT2D eigenvalue weighted by molar-refractivity contribution is -0.132. The molecule has 3 aromatic rings. The van der Waals surface area contributed by atoms with Crippen LogP contribution < -0.4 is 5.32 Å². The second-order valence-corrected chi connectivity index (χ2v) is 9.50. The quantitative estimate of drug-likeness (QED) is 0.588. The van der Waals surface area contributed by atoms with Crippen LogP contribution in [-0.4, -0.2) is 44.1 Å². The van der Waals surface area contributed by atoms with E-state index in [1.165, 1.54) is 10.4 Å². The van der Waals surface area contributed by atoms with Gasteiger partial charge in [0.05, 0.1) is 11.4 Å². The summed E-state index contributed by atoms with van der Waals surface area (Å²) in [5.41, 5.74) is 5.37. The Hall–Kier alpha value is -2.74. The molecular weight excluding hydrogens is 408 g/mol. The number of piperidine rings is 1. The summed E-state index contributed by atoms with van der Waals surface area (Å²) in [6.07, 6.45) is 3.18. The number of amides is 1. The highest BCUT2D eigenvalue weighted by atomic mass is 32.1. The van der Waals surface area contributed by atoms with Crippen LogP contribution in [-0.2, 0) is 11.2 Å². The molecule has 0 aliphatic carbocycles. The van der Waals surface area contributed by atoms with Crippen molar-refractivity contribution in [1.29, 1.82) is 0 Å². The van der Waals surface area contributed by atoms with Crippen molar-refractivity contribution >= 4 is 28.2 Å². The first-order valence-electron chi connectivity index (χ1n) is 10.9. The van der Waals surface area contributed by atoms with Gasteiger partial charge in [0.15, 0.2) is 5.13 Å². The number of hydrogen-bond acceptors (Lipinski definition) is 6. The summed E-state index contributed by atoms with van der Waals surface area (Å²) in [6.45, 7) is 9.68. The first-order valence-corrected chi connectivity index (χ1v) is 11.7. The average molecular weight is 439 g/mol. The molecule has 1 fully saturated rings. The van der Waals surface area contributed by atoms with Crippen LogP contribution in [0.1, 0.15) is 58.4 Å². The molecule has 0 atom stereocenters. The summed E-state index contributed by atoms with van der Waals surface area (Å²) in [4.78, 5) is 25.3. The molecule has 0 aromatic carbocycles. The highest BCUT2D eigenvalue weighted by Gasteiger charge is 2.25. The first kappa shape index (κ1) is 21.5. The number of hydrogen-bond donors (Lipinski definition) is 2. The average Bonchev–Trinajstić information content (AvgIpc) is 3.26. The van der Waals surface area contributed by atoms with Crippen LogP contribution in [0, 0.1) is 27.7 Å². The third kappa shape index (κ3) is 4.95. The van der Waals surface area contributed by atoms with Gasteiger partial charge in [-0.3, -0.25) is 9.89 Å². The molecule has 4 rings (SSSR count). The molecule has 4 heterocycles. The van der Waals surface area contributed by atoms with Gasteiger partial charge in [0, 0.05) is 41.7 Å². The van der Waals surface area contributed by atoms with Gasteiger partial charge in [-0.15, -0.1) is 11.3 Å². The number of rotatable bonds is 6. The Morgan fingerprint density at radius 3 is 2.58 bits per heavy atom. The van der Waals surface area contributed by atoms with Crippen LogP contribution >= 0.6 is 11.3 Å². The number of thiazole rings is 1. The molecule has 164 valence electrons. The Labute approximate surface area is 187 Å². The van der Waals surface area contributed by atoms with E-state index in [2.05, 4.69) is 33.5 Å². The van der Waals surface area contributed by atoms with E-state index in [0.29, 0.717) is 12.3 Å². The maximum absolute atomic E-state index is 12.7. The standard InChI is InChI=1S/C23H30N6OS/c1-14-17(4)31-23(24-14)26-21-7-5-6-20(25-21)18-10-12-29(13-11-18)22(30)9-8-19-15(2)27-28-16(19)3/h5-7,18H,8-13H2,1-4H3,(H,27,28)(H,24,25,26). The Morgan fingerprint density at radius 1 is 1.16 bits per heavy atom. The minimum Gasteiger partial charge on any atom is -0.343 e. The fraction of sp³-hybridized carbons (Fsp3) is 0.478. The highest BCUT2D eigenvalue weighted by molar-refractivity contribution is 7.15. The number of aromatic nitrogens is 4. The van der Waals surface area contributed by atoms with Crippen LogP contribution in [0.2, 0.25) is 0 Å². The van der Waals surface area contributed by atoms with Crippen molar-refractivity contribution in [1.82, 2.24) is 25.1 Å². The molecule has 1 aliphatic heterocycles. The molecule has 31 heavy (non-hydrogen) atoms. The van der Waals surface area contributed by atoms with E-state index in [9.17, 15) is 4.79 Å². The summed E-state index contributed by atoms with van der Waals surface area (Å²) in [5.74, 6) is 1.44. The third-order valence-corrected chi connectivity index (χ3v) is 7.16. The predicted octanol–water partition coefficient (Wildman–Crippen LogP) is 4.58. The Morgan fingerprint density at radius 2 is 1.94 bits per heavy atom. The molecule has 0 radical (unpaired) electrons. The van der Waals surface area contributed by atoms with E-state index in [4.69, 9.17) is 4.98 Å². The van der Waals surface area contributed by atoms with E-state index in [1.54, 1.807) is 11.3 Å². The van der Waals surface area contributed by atoms with Crippen LogP contribution in [0.15, 0.2) is 18.2 Å². The number of aryl methyl sites for hydroxylation is 4. The molecule has 8 heteroatoms. The van der Waals surface area contributed by atoms with Crippen LogP contribution in [0.25, 0.3) is 0 Å². The van der Waals surface area contributed by atoms with Gasteiger partial charge >= 0.3 is 0 Å². The molecule has 2 N–H and O–H groups in total. The number of carbonyl (C=O) groups excluding carboxylic acids is 1. The number of likely N-dealkylation sites (tertiary alicyclic amines) is 1. The zero-order valence-corrected chi connectivity index (χ0v) is 19.5. The minimum atomic E-state index is 0.233. The molecule has 0 saturated carbocycles. The van der Waals surface area contributed by atoms with Gasteiger partial charge in [0.1, 0.15) is 5.82 Å². The lowest BCUT2D eigenvalue weighted by Gasteiger charge is -2.32. The van der Waals surface area contributed by atoms with Gasteiger partial charge in [0.25, 0.3) is 0 Å². The van der Waals surface area contributed by atoms with Gasteiger partial charge in [-0.2, -0.15) is 5.10 Å². The zero-order valence-electron chi connectivity index (χ0n) is 18.7. The summed E-state index contributed by atoms with van der Waals surface area (Å²) in [5, 5.41) is 11.4. The van der Waals surface area contributed by atoms with Crippen LogP contribution in [0.5, 0.6) is 0 Å². The smallest absolute Gasteiger partial charge is 0.222 e. The van der Waals surface area contributed by atoms with Gasteiger partial charge in [-0.1, -0.05) is 6.07 Å². The molecule has 0 unspecified atom stereocenters. The first-order chi connectivity index (χ1) is 14.9. The second kappa shape index (κ2) is 9.18. The topological polar surface area (TPSA) is 86.8 Å². The summed E-state index contributed by atoms with van der Waals surface area (Å²) in [7, 11) is 0. The van der Waals surface area contributed by atoms with E-state index >= 15 is 0 Å². The lowest BCUT2D eigenvalue weighted by Crippen LogP contribution is -2.38. The summed E-state index contributed by atoms with van der Waals surface area (Å²) in [6, 6.07) is 6.12. The molecule has 3 aromatic heterocycles. The van der Waals surface area contributed by atoms with E-state index in [0.717, 1.165) is 66.1 Å². The number of carbonyl (C=O) groups is 1. The Balaban J connectivity index is 1.31. The van der Waals surface area contributed by atoms with Gasteiger partial charge < -0.3 is 10.2 Å². The molecule has 0 spiro atoms. The minimum absolute atomic E-state index is 0.233. The number of nitrogens with zero attached hydrogens (tertiary/aromatic N) is 4. The SMILES string of the molecule is Cc1nc(Nc2cccc(C3CCN(C(=O)CCc4c(C)n[nH]c4C)CC3)n2)sc1C. The van der Waals surface area contributed by atoms with Crippen LogP contribution in [0.3, 0.4) is 0 Å². The summed E-state index contributed by atoms with van der Waals surface area (Å²) < 4.78 is 0. The molecule has 0 bridgehead atoms. The fourth-order valence-corrected chi connectivity index (χ4v) is 4.96. The maximum Gasteiger partial charge on any atom is 0.222 e. The fourth-order valence-electron chi connectivity index (χ4n) is 4.14. The van der Waals surface area contributed by atoms with Crippen molar-refractivity contribution in [2.75, 3.05) is 18.4 Å². The summed E-state index contributed by atoms with van der Waals surface area (Å²) >= 11 is 1.65. The van der Waals surface area contributed by atoms with Gasteiger partial charge in [-0.05, 0) is 64.7 Å². The van der Waals surface area contributed by atoms with E-state index < -0.39 is 0 Å². The number of nitrogens with one attached hydrogen (secondary N) is 2. The largest absolute Gasteiger partial charge is 0.343 e. The molecular formula is C23H30N6OS. The van der Waals surface area contributed by atoms with Crippen molar-refractivity contribution in [3.05, 3.63) is 51.4 Å². The maximum atomic E-state index is 12.7. The van der Waals surface area contributed by atoms with Crippen molar-refractivity contribution in [2.45, 2.75) is 59.3 Å². The number of H-pyrrole nitrogens is 1. The van der Waals surface area contributed by atoms with Gasteiger partial charge in [-0.25, -0.2) is 9.97 Å². The van der Waals surface area contributed by atoms with Crippen molar-refractivity contribution < 1.29 is 4.79 Å². The van der Waals surface area contributed by atoms with Crippen LogP contribution in [0.4, 0.5) is 10.9 Å².